The van der Waals surface area contributed by atoms with Gasteiger partial charge in [-0.3, -0.25) is 0 Å². The van der Waals surface area contributed by atoms with Crippen molar-refractivity contribution in [2.75, 3.05) is 0 Å². The predicted octanol–water partition coefficient (Wildman–Crippen LogP) is 9.24. The molecule has 0 saturated heterocycles. The van der Waals surface area contributed by atoms with Gasteiger partial charge in [-0.2, -0.15) is 0 Å². The van der Waals surface area contributed by atoms with Crippen molar-refractivity contribution in [2.45, 2.75) is 97.3 Å². The zero-order chi connectivity index (χ0) is 29.4. The number of hydrogen-bond donors (Lipinski definition) is 0. The molecule has 2 aromatic carbocycles. The average molecular weight is 565 g/mol. The number of carbonyl (C=O) groups excluding carboxylic acids is 1. The van der Waals surface area contributed by atoms with Gasteiger partial charge in [0.2, 0.25) is 0 Å². The SMILES string of the molecule is CCCCCCCCCCc1cnc(-c2ccc(C(=O)Oc3ccc(-c4ncc(CCCCC)cn4)cc3)cc2)nc1. The van der Waals surface area contributed by atoms with Crippen LogP contribution < -0.4 is 4.74 Å². The van der Waals surface area contributed by atoms with E-state index in [0.717, 1.165) is 36.0 Å². The lowest BCUT2D eigenvalue weighted by Gasteiger charge is -2.07. The molecule has 0 fully saturated rings. The first-order valence-corrected chi connectivity index (χ1v) is 15.7. The summed E-state index contributed by atoms with van der Waals surface area (Å²) in [5.41, 5.74) is 4.54. The molecule has 2 aromatic heterocycles. The van der Waals surface area contributed by atoms with E-state index in [1.807, 2.05) is 49.1 Å². The summed E-state index contributed by atoms with van der Waals surface area (Å²) in [5.74, 6) is 1.37. The molecule has 0 radical (unpaired) electrons. The number of aromatic nitrogens is 4. The summed E-state index contributed by atoms with van der Waals surface area (Å²) < 4.78 is 5.59. The van der Waals surface area contributed by atoms with Crippen LogP contribution in [0.2, 0.25) is 0 Å². The van der Waals surface area contributed by atoms with Gasteiger partial charge >= 0.3 is 5.97 Å². The van der Waals surface area contributed by atoms with Crippen molar-refractivity contribution in [2.24, 2.45) is 0 Å². The number of ether oxygens (including phenoxy) is 1. The van der Waals surface area contributed by atoms with Crippen molar-refractivity contribution in [3.63, 3.8) is 0 Å². The molecule has 0 unspecified atom stereocenters. The Kier molecular flexibility index (Phi) is 12.6. The Morgan fingerprint density at radius 3 is 1.45 bits per heavy atom. The summed E-state index contributed by atoms with van der Waals surface area (Å²) >= 11 is 0. The molecule has 42 heavy (non-hydrogen) atoms. The summed E-state index contributed by atoms with van der Waals surface area (Å²) in [4.78, 5) is 30.9. The second kappa shape index (κ2) is 17.1. The molecular formula is C36H44N4O2. The second-order valence-electron chi connectivity index (χ2n) is 11.0. The van der Waals surface area contributed by atoms with E-state index in [1.165, 1.54) is 69.8 Å². The summed E-state index contributed by atoms with van der Waals surface area (Å²) in [6, 6.07) is 14.5. The van der Waals surface area contributed by atoms with Crippen molar-refractivity contribution in [3.8, 4) is 28.5 Å². The van der Waals surface area contributed by atoms with Crippen LogP contribution in [0.25, 0.3) is 22.8 Å². The van der Waals surface area contributed by atoms with E-state index in [2.05, 4.69) is 33.8 Å². The minimum absolute atomic E-state index is 0.413. The van der Waals surface area contributed by atoms with Gasteiger partial charge in [-0.25, -0.2) is 24.7 Å². The first-order valence-electron chi connectivity index (χ1n) is 15.7. The second-order valence-corrected chi connectivity index (χ2v) is 11.0. The number of rotatable bonds is 17. The molecule has 6 heteroatoms. The molecule has 4 aromatic rings. The fourth-order valence-corrected chi connectivity index (χ4v) is 4.90. The van der Waals surface area contributed by atoms with Gasteiger partial charge in [0.05, 0.1) is 5.56 Å². The summed E-state index contributed by atoms with van der Waals surface area (Å²) in [7, 11) is 0. The zero-order valence-electron chi connectivity index (χ0n) is 25.2. The number of nitrogens with zero attached hydrogens (tertiary/aromatic N) is 4. The maximum absolute atomic E-state index is 12.7. The molecule has 220 valence electrons. The molecule has 0 N–H and O–H groups in total. The van der Waals surface area contributed by atoms with Gasteiger partial charge in [-0.1, -0.05) is 83.8 Å². The summed E-state index contributed by atoms with van der Waals surface area (Å²) in [5, 5.41) is 0. The molecular weight excluding hydrogens is 520 g/mol. The topological polar surface area (TPSA) is 77.9 Å². The molecule has 0 bridgehead atoms. The van der Waals surface area contributed by atoms with Crippen molar-refractivity contribution in [1.29, 1.82) is 0 Å². The van der Waals surface area contributed by atoms with Crippen LogP contribution in [0, 0.1) is 0 Å². The minimum atomic E-state index is -0.413. The largest absolute Gasteiger partial charge is 0.423 e. The standard InChI is InChI=1S/C36H44N4O2/c1-3-5-7-8-9-10-11-13-15-29-26-37-34(38-27-29)30-16-18-32(19-17-30)36(41)42-33-22-20-31(21-23-33)35-39-24-28(25-40-35)14-12-6-4-2/h16-27H,3-15H2,1-2H3. The fraction of sp³-hybridized carbons (Fsp3) is 0.417. The van der Waals surface area contributed by atoms with Gasteiger partial charge in [-0.05, 0) is 73.2 Å². The minimum Gasteiger partial charge on any atom is -0.423 e. The van der Waals surface area contributed by atoms with E-state index in [1.54, 1.807) is 24.3 Å². The molecule has 0 aliphatic heterocycles. The number of esters is 1. The Hall–Kier alpha value is -3.93. The molecule has 4 rings (SSSR count). The van der Waals surface area contributed by atoms with Gasteiger partial charge in [0, 0.05) is 35.9 Å². The Balaban J connectivity index is 1.23. The molecule has 0 amide bonds. The van der Waals surface area contributed by atoms with Gasteiger partial charge in [0.1, 0.15) is 5.75 Å². The van der Waals surface area contributed by atoms with Crippen LogP contribution >= 0.6 is 0 Å². The van der Waals surface area contributed by atoms with Gasteiger partial charge in [-0.15, -0.1) is 0 Å². The number of carbonyl (C=O) groups is 1. The van der Waals surface area contributed by atoms with Crippen LogP contribution in [-0.2, 0) is 12.8 Å². The van der Waals surface area contributed by atoms with Crippen LogP contribution in [0.15, 0.2) is 73.3 Å². The highest BCUT2D eigenvalue weighted by Crippen LogP contribution is 2.22. The summed E-state index contributed by atoms with van der Waals surface area (Å²) in [6.07, 6.45) is 23.7. The van der Waals surface area contributed by atoms with E-state index in [9.17, 15) is 4.79 Å². The van der Waals surface area contributed by atoms with Crippen molar-refractivity contribution < 1.29 is 9.53 Å². The van der Waals surface area contributed by atoms with Gasteiger partial charge in [0.15, 0.2) is 11.6 Å². The van der Waals surface area contributed by atoms with Crippen LogP contribution in [-0.4, -0.2) is 25.9 Å². The van der Waals surface area contributed by atoms with Crippen LogP contribution in [0.4, 0.5) is 0 Å². The maximum atomic E-state index is 12.7. The van der Waals surface area contributed by atoms with Crippen molar-refractivity contribution in [3.05, 3.63) is 90.0 Å². The van der Waals surface area contributed by atoms with E-state index in [0.29, 0.717) is 23.0 Å². The highest BCUT2D eigenvalue weighted by atomic mass is 16.5. The molecule has 6 nitrogen and oxygen atoms in total. The maximum Gasteiger partial charge on any atom is 0.343 e. The Bertz CT molecular complexity index is 1340. The van der Waals surface area contributed by atoms with E-state index >= 15 is 0 Å². The monoisotopic (exact) mass is 564 g/mol. The molecule has 2 heterocycles. The van der Waals surface area contributed by atoms with Gasteiger partial charge < -0.3 is 4.74 Å². The lowest BCUT2D eigenvalue weighted by atomic mass is 10.1. The number of hydrogen-bond acceptors (Lipinski definition) is 6. The first kappa shape index (κ1) is 31.0. The third kappa shape index (κ3) is 9.86. The third-order valence-electron chi connectivity index (χ3n) is 7.50. The zero-order valence-corrected chi connectivity index (χ0v) is 25.2. The first-order chi connectivity index (χ1) is 20.7. The third-order valence-corrected chi connectivity index (χ3v) is 7.50. The molecule has 0 atom stereocenters. The van der Waals surface area contributed by atoms with E-state index in [-0.39, 0.29) is 0 Å². The van der Waals surface area contributed by atoms with Crippen LogP contribution in [0.5, 0.6) is 5.75 Å². The van der Waals surface area contributed by atoms with E-state index in [4.69, 9.17) is 4.74 Å². The number of aryl methyl sites for hydroxylation is 2. The molecule has 0 aliphatic rings. The lowest BCUT2D eigenvalue weighted by molar-refractivity contribution is 0.0735. The Labute approximate surface area is 251 Å². The molecule has 0 aliphatic carbocycles. The highest BCUT2D eigenvalue weighted by Gasteiger charge is 2.11. The normalized spacial score (nSPS) is 11.0. The van der Waals surface area contributed by atoms with Gasteiger partial charge in [0.25, 0.3) is 0 Å². The Morgan fingerprint density at radius 1 is 0.548 bits per heavy atom. The van der Waals surface area contributed by atoms with Crippen molar-refractivity contribution in [1.82, 2.24) is 19.9 Å². The smallest absolute Gasteiger partial charge is 0.343 e. The highest BCUT2D eigenvalue weighted by molar-refractivity contribution is 5.91. The lowest BCUT2D eigenvalue weighted by Crippen LogP contribution is -2.08. The fourth-order valence-electron chi connectivity index (χ4n) is 4.90. The Morgan fingerprint density at radius 2 is 0.952 bits per heavy atom. The van der Waals surface area contributed by atoms with E-state index < -0.39 is 5.97 Å². The molecule has 0 saturated carbocycles. The van der Waals surface area contributed by atoms with Crippen molar-refractivity contribution >= 4 is 5.97 Å². The van der Waals surface area contributed by atoms with Crippen LogP contribution in [0.1, 0.15) is 106 Å². The molecule has 0 spiro atoms. The number of unbranched alkanes of at least 4 members (excludes halogenated alkanes) is 9. The summed E-state index contributed by atoms with van der Waals surface area (Å²) in [6.45, 7) is 4.45. The predicted molar refractivity (Wildman–Crippen MR) is 169 cm³/mol. The number of benzene rings is 2. The quantitative estimate of drug-likeness (QED) is 0.0722. The van der Waals surface area contributed by atoms with Crippen LogP contribution in [0.3, 0.4) is 0 Å². The average Bonchev–Trinajstić information content (AvgIpc) is 3.03.